The molecule has 25 heavy (non-hydrogen) atoms. The summed E-state index contributed by atoms with van der Waals surface area (Å²) in [6.45, 7) is 7.00. The van der Waals surface area contributed by atoms with Crippen LogP contribution in [-0.4, -0.2) is 33.8 Å². The van der Waals surface area contributed by atoms with E-state index in [0.29, 0.717) is 12.3 Å². The molecule has 132 valence electrons. The van der Waals surface area contributed by atoms with Crippen LogP contribution in [0.25, 0.3) is 16.7 Å². The van der Waals surface area contributed by atoms with Gasteiger partial charge in [0.05, 0.1) is 0 Å². The maximum absolute atomic E-state index is 10.9. The number of fused-ring (bicyclic) bond motifs is 1. The Morgan fingerprint density at radius 3 is 2.28 bits per heavy atom. The van der Waals surface area contributed by atoms with Gasteiger partial charge >= 0.3 is 0 Å². The second kappa shape index (κ2) is 6.84. The summed E-state index contributed by atoms with van der Waals surface area (Å²) >= 11 is 0. The van der Waals surface area contributed by atoms with Crippen molar-refractivity contribution in [3.8, 4) is 11.4 Å². The Bertz CT molecular complexity index is 845. The number of aromatic nitrogens is 3. The first-order chi connectivity index (χ1) is 11.9. The van der Waals surface area contributed by atoms with Crippen molar-refractivity contribution in [2.45, 2.75) is 39.0 Å². The van der Waals surface area contributed by atoms with Crippen molar-refractivity contribution in [3.05, 3.63) is 47.5 Å². The molecule has 0 aliphatic rings. The molecule has 5 heteroatoms. The van der Waals surface area contributed by atoms with E-state index in [0.717, 1.165) is 35.0 Å². The first kappa shape index (κ1) is 17.4. The van der Waals surface area contributed by atoms with Crippen LogP contribution in [0, 0.1) is 0 Å². The number of phenolic OH excluding ortho intramolecular Hbond substituents is 1. The maximum atomic E-state index is 10.9. The highest BCUT2D eigenvalue weighted by molar-refractivity contribution is 5.73. The predicted octanol–water partition coefficient (Wildman–Crippen LogP) is 4.00. The second-order valence-corrected chi connectivity index (χ2v) is 7.34. The Hall–Kier alpha value is -2.40. The fourth-order valence-electron chi connectivity index (χ4n) is 2.93. The molecule has 1 N–H and O–H groups in total. The van der Waals surface area contributed by atoms with Gasteiger partial charge in [0, 0.05) is 19.3 Å². The van der Waals surface area contributed by atoms with E-state index >= 15 is 0 Å². The van der Waals surface area contributed by atoms with Crippen molar-refractivity contribution in [2.24, 2.45) is 0 Å². The van der Waals surface area contributed by atoms with Gasteiger partial charge in [-0.1, -0.05) is 39.0 Å². The van der Waals surface area contributed by atoms with Gasteiger partial charge in [0.2, 0.25) is 0 Å². The van der Waals surface area contributed by atoms with Crippen LogP contribution in [0.2, 0.25) is 0 Å². The number of hydrogen-bond donors (Lipinski definition) is 1. The number of ether oxygens (including phenoxy) is 1. The van der Waals surface area contributed by atoms with Crippen molar-refractivity contribution in [1.82, 2.24) is 15.0 Å². The highest BCUT2D eigenvalue weighted by Crippen LogP contribution is 2.36. The number of aromatic hydroxyl groups is 1. The Kier molecular flexibility index (Phi) is 4.77. The molecule has 1 heterocycles. The van der Waals surface area contributed by atoms with Crippen molar-refractivity contribution >= 4 is 11.0 Å². The van der Waals surface area contributed by atoms with Crippen molar-refractivity contribution in [3.63, 3.8) is 0 Å². The molecule has 2 aromatic carbocycles. The molecule has 0 atom stereocenters. The lowest BCUT2D eigenvalue weighted by atomic mass is 9.84. The number of rotatable bonds is 5. The minimum Gasteiger partial charge on any atom is -0.505 e. The third-order valence-electron chi connectivity index (χ3n) is 4.27. The lowest BCUT2D eigenvalue weighted by molar-refractivity contribution is 0.195. The van der Waals surface area contributed by atoms with Crippen molar-refractivity contribution in [1.29, 1.82) is 0 Å². The van der Waals surface area contributed by atoms with E-state index in [2.05, 4.69) is 37.0 Å². The standard InChI is InChI=1S/C20H25N3O2/c1-20(2,3)15-12-14(8-7-11-25-4)13-18(19(15)24)23-21-16-9-5-6-10-17(16)22-23/h5-6,9-10,12-13,24H,7-8,11H2,1-4H3. The molecule has 0 spiro atoms. The van der Waals surface area contributed by atoms with Gasteiger partial charge in [0.1, 0.15) is 22.5 Å². The van der Waals surface area contributed by atoms with Crippen LogP contribution in [0.3, 0.4) is 0 Å². The van der Waals surface area contributed by atoms with Crippen molar-refractivity contribution < 1.29 is 9.84 Å². The average Bonchev–Trinajstić information content (AvgIpc) is 2.99. The van der Waals surface area contributed by atoms with E-state index in [4.69, 9.17) is 4.74 Å². The Labute approximate surface area is 148 Å². The van der Waals surface area contributed by atoms with Gasteiger partial charge in [0.25, 0.3) is 0 Å². The molecule has 0 amide bonds. The van der Waals surface area contributed by atoms with Gasteiger partial charge in [-0.2, -0.15) is 0 Å². The highest BCUT2D eigenvalue weighted by atomic mass is 16.5. The zero-order valence-electron chi connectivity index (χ0n) is 15.3. The molecule has 5 nitrogen and oxygen atoms in total. The van der Waals surface area contributed by atoms with E-state index in [1.165, 1.54) is 4.80 Å². The molecule has 0 saturated heterocycles. The Morgan fingerprint density at radius 2 is 1.72 bits per heavy atom. The SMILES string of the molecule is COCCCc1cc(-n2nc3ccccc3n2)c(O)c(C(C)(C)C)c1. The highest BCUT2D eigenvalue weighted by Gasteiger charge is 2.23. The van der Waals surface area contributed by atoms with Gasteiger partial charge in [-0.3, -0.25) is 0 Å². The molecule has 3 rings (SSSR count). The molecule has 0 bridgehead atoms. The number of hydrogen-bond acceptors (Lipinski definition) is 4. The zero-order valence-corrected chi connectivity index (χ0v) is 15.3. The summed E-state index contributed by atoms with van der Waals surface area (Å²) in [5.41, 5.74) is 4.11. The summed E-state index contributed by atoms with van der Waals surface area (Å²) in [7, 11) is 1.71. The lowest BCUT2D eigenvalue weighted by Gasteiger charge is -2.23. The maximum Gasteiger partial charge on any atom is 0.146 e. The predicted molar refractivity (Wildman–Crippen MR) is 99.4 cm³/mol. The first-order valence-electron chi connectivity index (χ1n) is 8.58. The normalized spacial score (nSPS) is 12.0. The summed E-state index contributed by atoms with van der Waals surface area (Å²) in [5, 5.41) is 19.9. The van der Waals surface area contributed by atoms with Gasteiger partial charge in [-0.25, -0.2) is 0 Å². The van der Waals surface area contributed by atoms with Crippen molar-refractivity contribution in [2.75, 3.05) is 13.7 Å². The summed E-state index contributed by atoms with van der Waals surface area (Å²) < 4.78 is 5.16. The quantitative estimate of drug-likeness (QED) is 0.714. The van der Waals surface area contributed by atoms with Crippen LogP contribution in [0.1, 0.15) is 38.3 Å². The van der Waals surface area contributed by atoms with Gasteiger partial charge in [0.15, 0.2) is 0 Å². The summed E-state index contributed by atoms with van der Waals surface area (Å²) in [6, 6.07) is 11.8. The Balaban J connectivity index is 2.11. The van der Waals surface area contributed by atoms with Crippen LogP contribution in [-0.2, 0) is 16.6 Å². The van der Waals surface area contributed by atoms with Gasteiger partial charge in [-0.05, 0) is 42.0 Å². The van der Waals surface area contributed by atoms with E-state index in [-0.39, 0.29) is 11.2 Å². The van der Waals surface area contributed by atoms with Crippen LogP contribution in [0.15, 0.2) is 36.4 Å². The topological polar surface area (TPSA) is 60.2 Å². The summed E-state index contributed by atoms with van der Waals surface area (Å²) in [4.78, 5) is 1.54. The summed E-state index contributed by atoms with van der Waals surface area (Å²) in [6.07, 6.45) is 1.81. The molecule has 0 unspecified atom stereocenters. The monoisotopic (exact) mass is 339 g/mol. The molecule has 0 saturated carbocycles. The summed E-state index contributed by atoms with van der Waals surface area (Å²) in [5.74, 6) is 0.239. The molecular weight excluding hydrogens is 314 g/mol. The van der Waals surface area contributed by atoms with E-state index in [1.54, 1.807) is 7.11 Å². The van der Waals surface area contributed by atoms with Gasteiger partial charge in [-0.15, -0.1) is 15.0 Å². The molecule has 1 aromatic heterocycles. The van der Waals surface area contributed by atoms with Crippen LogP contribution in [0.4, 0.5) is 0 Å². The molecular formula is C20H25N3O2. The second-order valence-electron chi connectivity index (χ2n) is 7.34. The molecule has 0 aliphatic carbocycles. The fraction of sp³-hybridized carbons (Fsp3) is 0.400. The Morgan fingerprint density at radius 1 is 1.08 bits per heavy atom. The first-order valence-corrected chi connectivity index (χ1v) is 8.58. The lowest BCUT2D eigenvalue weighted by Crippen LogP contribution is -2.14. The van der Waals surface area contributed by atoms with E-state index < -0.39 is 0 Å². The molecule has 0 aliphatic heterocycles. The zero-order chi connectivity index (χ0) is 18.0. The number of nitrogens with zero attached hydrogens (tertiary/aromatic N) is 3. The average molecular weight is 339 g/mol. The van der Waals surface area contributed by atoms with E-state index in [1.807, 2.05) is 30.3 Å². The smallest absolute Gasteiger partial charge is 0.146 e. The third kappa shape index (κ3) is 3.66. The number of aryl methyl sites for hydroxylation is 1. The third-order valence-corrected chi connectivity index (χ3v) is 4.27. The fourth-order valence-corrected chi connectivity index (χ4v) is 2.93. The van der Waals surface area contributed by atoms with Crippen LogP contribution in [0.5, 0.6) is 5.75 Å². The molecule has 0 fully saturated rings. The van der Waals surface area contributed by atoms with E-state index in [9.17, 15) is 5.11 Å². The minimum absolute atomic E-state index is 0.178. The molecule has 3 aromatic rings. The van der Waals surface area contributed by atoms with Crippen LogP contribution >= 0.6 is 0 Å². The molecule has 0 radical (unpaired) electrons. The largest absolute Gasteiger partial charge is 0.505 e. The van der Waals surface area contributed by atoms with Crippen LogP contribution < -0.4 is 0 Å². The number of phenols is 1. The number of benzene rings is 2. The van der Waals surface area contributed by atoms with Gasteiger partial charge < -0.3 is 9.84 Å². The minimum atomic E-state index is -0.178. The number of methoxy groups -OCH3 is 1.